The molecule has 2 heterocycles. The number of amides is 1. The summed E-state index contributed by atoms with van der Waals surface area (Å²) in [5, 5.41) is 2.59. The Morgan fingerprint density at radius 2 is 2.00 bits per heavy atom. The predicted octanol–water partition coefficient (Wildman–Crippen LogP) is 3.89. The molecule has 0 aliphatic carbocycles. The van der Waals surface area contributed by atoms with E-state index in [1.54, 1.807) is 12.3 Å². The number of pyridine rings is 1. The number of carbonyl (C=O) groups is 1. The fraction of sp³-hybridized carbons (Fsp3) is 0.333. The van der Waals surface area contributed by atoms with Crippen LogP contribution in [-0.2, 0) is 4.74 Å². The van der Waals surface area contributed by atoms with Crippen LogP contribution in [0.5, 0.6) is 0 Å². The maximum absolute atomic E-state index is 13.8. The second kappa shape index (κ2) is 7.46. The van der Waals surface area contributed by atoms with Crippen molar-refractivity contribution in [3.05, 3.63) is 53.7 Å². The smallest absolute Gasteiger partial charge is 0.413 e. The second-order valence-corrected chi connectivity index (χ2v) is 6.03. The highest BCUT2D eigenvalue weighted by Crippen LogP contribution is 2.25. The molecule has 1 aliphatic heterocycles. The number of halogens is 2. The van der Waals surface area contributed by atoms with Crippen molar-refractivity contribution in [2.75, 3.05) is 23.3 Å². The molecule has 0 saturated carbocycles. The van der Waals surface area contributed by atoms with Crippen molar-refractivity contribution in [1.82, 2.24) is 4.98 Å². The van der Waals surface area contributed by atoms with Crippen LogP contribution in [0.15, 0.2) is 36.5 Å². The van der Waals surface area contributed by atoms with E-state index in [1.807, 2.05) is 17.9 Å². The number of piperidine rings is 1. The van der Waals surface area contributed by atoms with Crippen LogP contribution in [0.2, 0.25) is 0 Å². The number of carbonyl (C=O) groups excluding carboxylic acids is 1. The Hall–Kier alpha value is -2.70. The van der Waals surface area contributed by atoms with Crippen LogP contribution < -0.4 is 10.2 Å². The van der Waals surface area contributed by atoms with E-state index in [1.165, 1.54) is 12.1 Å². The molecule has 3 rings (SSSR count). The molecule has 0 atom stereocenters. The summed E-state index contributed by atoms with van der Waals surface area (Å²) in [4.78, 5) is 17.8. The van der Waals surface area contributed by atoms with Crippen molar-refractivity contribution in [2.45, 2.75) is 25.9 Å². The Kier molecular flexibility index (Phi) is 5.11. The van der Waals surface area contributed by atoms with Crippen LogP contribution in [0.4, 0.5) is 25.1 Å². The average molecular weight is 347 g/mol. The SMILES string of the molecule is Cc1ccc(NC(=O)OC2CCN(c3ccc(F)cc3F)CC2)nc1. The highest BCUT2D eigenvalue weighted by Gasteiger charge is 2.24. The van der Waals surface area contributed by atoms with E-state index in [2.05, 4.69) is 10.3 Å². The van der Waals surface area contributed by atoms with Crippen molar-refractivity contribution in [3.8, 4) is 0 Å². The number of aromatic nitrogens is 1. The van der Waals surface area contributed by atoms with Gasteiger partial charge < -0.3 is 9.64 Å². The standard InChI is InChI=1S/C18H19F2N3O2/c1-12-2-5-17(21-11-12)22-18(24)25-14-6-8-23(9-7-14)16-4-3-13(19)10-15(16)20/h2-5,10-11,14H,6-9H2,1H3,(H,21,22,24). The van der Waals surface area contributed by atoms with Gasteiger partial charge in [0.2, 0.25) is 0 Å². The fourth-order valence-corrected chi connectivity index (χ4v) is 2.78. The van der Waals surface area contributed by atoms with Gasteiger partial charge in [-0.3, -0.25) is 5.32 Å². The highest BCUT2D eigenvalue weighted by molar-refractivity contribution is 5.83. The minimum Gasteiger partial charge on any atom is -0.446 e. The van der Waals surface area contributed by atoms with Gasteiger partial charge in [0.05, 0.1) is 5.69 Å². The zero-order chi connectivity index (χ0) is 17.8. The fourth-order valence-electron chi connectivity index (χ4n) is 2.78. The van der Waals surface area contributed by atoms with Gasteiger partial charge in [-0.05, 0) is 30.7 Å². The first-order chi connectivity index (χ1) is 12.0. The van der Waals surface area contributed by atoms with Gasteiger partial charge in [0.15, 0.2) is 0 Å². The first kappa shape index (κ1) is 17.1. The van der Waals surface area contributed by atoms with E-state index < -0.39 is 17.7 Å². The summed E-state index contributed by atoms with van der Waals surface area (Å²) in [5.74, 6) is -0.746. The number of nitrogens with one attached hydrogen (secondary N) is 1. The number of nitrogens with zero attached hydrogens (tertiary/aromatic N) is 2. The molecule has 1 aromatic heterocycles. The van der Waals surface area contributed by atoms with Crippen molar-refractivity contribution in [2.24, 2.45) is 0 Å². The van der Waals surface area contributed by atoms with E-state index >= 15 is 0 Å². The van der Waals surface area contributed by atoms with E-state index in [-0.39, 0.29) is 6.10 Å². The van der Waals surface area contributed by atoms with Crippen molar-refractivity contribution >= 4 is 17.6 Å². The number of anilines is 2. The number of ether oxygens (including phenoxy) is 1. The van der Waals surface area contributed by atoms with Gasteiger partial charge in [0, 0.05) is 38.2 Å². The molecular weight excluding hydrogens is 328 g/mol. The molecule has 0 spiro atoms. The predicted molar refractivity (Wildman–Crippen MR) is 90.7 cm³/mol. The van der Waals surface area contributed by atoms with Crippen LogP contribution in [0, 0.1) is 18.6 Å². The molecule has 1 amide bonds. The largest absolute Gasteiger partial charge is 0.446 e. The average Bonchev–Trinajstić information content (AvgIpc) is 2.58. The summed E-state index contributed by atoms with van der Waals surface area (Å²) in [7, 11) is 0. The van der Waals surface area contributed by atoms with Crippen LogP contribution in [-0.4, -0.2) is 30.3 Å². The molecule has 0 bridgehead atoms. The van der Waals surface area contributed by atoms with E-state index in [0.717, 1.165) is 11.6 Å². The topological polar surface area (TPSA) is 54.5 Å². The second-order valence-electron chi connectivity index (χ2n) is 6.03. The first-order valence-corrected chi connectivity index (χ1v) is 8.11. The molecule has 0 unspecified atom stereocenters. The monoisotopic (exact) mass is 347 g/mol. The van der Waals surface area contributed by atoms with Crippen LogP contribution in [0.1, 0.15) is 18.4 Å². The summed E-state index contributed by atoms with van der Waals surface area (Å²) in [5.41, 5.74) is 1.37. The third-order valence-electron chi connectivity index (χ3n) is 4.11. The molecule has 1 fully saturated rings. The van der Waals surface area contributed by atoms with Gasteiger partial charge in [-0.2, -0.15) is 0 Å². The van der Waals surface area contributed by atoms with Gasteiger partial charge >= 0.3 is 6.09 Å². The normalized spacial score (nSPS) is 15.1. The van der Waals surface area contributed by atoms with E-state index in [0.29, 0.717) is 37.4 Å². The summed E-state index contributed by atoms with van der Waals surface area (Å²) in [6.07, 6.45) is 2.01. The summed E-state index contributed by atoms with van der Waals surface area (Å²) in [6.45, 7) is 2.97. The minimum atomic E-state index is -0.596. The quantitative estimate of drug-likeness (QED) is 0.915. The molecule has 1 aromatic carbocycles. The van der Waals surface area contributed by atoms with Crippen LogP contribution >= 0.6 is 0 Å². The zero-order valence-corrected chi connectivity index (χ0v) is 13.8. The van der Waals surface area contributed by atoms with Gasteiger partial charge in [0.25, 0.3) is 0 Å². The van der Waals surface area contributed by atoms with Crippen molar-refractivity contribution in [1.29, 1.82) is 0 Å². The Balaban J connectivity index is 1.50. The van der Waals surface area contributed by atoms with E-state index in [9.17, 15) is 13.6 Å². The molecule has 132 valence electrons. The first-order valence-electron chi connectivity index (χ1n) is 8.11. The highest BCUT2D eigenvalue weighted by atomic mass is 19.1. The maximum atomic E-state index is 13.8. The Bertz CT molecular complexity index is 744. The molecule has 1 N–H and O–H groups in total. The number of rotatable bonds is 3. The van der Waals surface area contributed by atoms with E-state index in [4.69, 9.17) is 4.74 Å². The van der Waals surface area contributed by atoms with Gasteiger partial charge in [0.1, 0.15) is 23.6 Å². The number of benzene rings is 1. The minimum absolute atomic E-state index is 0.245. The zero-order valence-electron chi connectivity index (χ0n) is 13.8. The molecule has 2 aromatic rings. The lowest BCUT2D eigenvalue weighted by Gasteiger charge is -2.33. The molecule has 7 heteroatoms. The Labute approximate surface area is 144 Å². The molecule has 1 aliphatic rings. The number of hydrogen-bond donors (Lipinski definition) is 1. The molecule has 0 radical (unpaired) electrons. The maximum Gasteiger partial charge on any atom is 0.413 e. The lowest BCUT2D eigenvalue weighted by Crippen LogP contribution is -2.39. The third kappa shape index (κ3) is 4.43. The third-order valence-corrected chi connectivity index (χ3v) is 4.11. The molecule has 25 heavy (non-hydrogen) atoms. The Morgan fingerprint density at radius 3 is 2.64 bits per heavy atom. The van der Waals surface area contributed by atoms with Crippen LogP contribution in [0.3, 0.4) is 0 Å². The summed E-state index contributed by atoms with van der Waals surface area (Å²) in [6, 6.07) is 7.10. The number of hydrogen-bond acceptors (Lipinski definition) is 4. The molecule has 5 nitrogen and oxygen atoms in total. The lowest BCUT2D eigenvalue weighted by molar-refractivity contribution is 0.0949. The van der Waals surface area contributed by atoms with Gasteiger partial charge in [-0.1, -0.05) is 6.07 Å². The Morgan fingerprint density at radius 1 is 1.24 bits per heavy atom. The van der Waals surface area contributed by atoms with Crippen molar-refractivity contribution in [3.63, 3.8) is 0 Å². The van der Waals surface area contributed by atoms with Crippen LogP contribution in [0.25, 0.3) is 0 Å². The molecule has 1 saturated heterocycles. The lowest BCUT2D eigenvalue weighted by atomic mass is 10.1. The summed E-state index contributed by atoms with van der Waals surface area (Å²) < 4.78 is 32.2. The summed E-state index contributed by atoms with van der Waals surface area (Å²) >= 11 is 0. The van der Waals surface area contributed by atoms with Crippen molar-refractivity contribution < 1.29 is 18.3 Å². The van der Waals surface area contributed by atoms with Gasteiger partial charge in [-0.25, -0.2) is 18.6 Å². The number of aryl methyl sites for hydroxylation is 1. The molecular formula is C18H19F2N3O2. The van der Waals surface area contributed by atoms with Gasteiger partial charge in [-0.15, -0.1) is 0 Å².